The smallest absolute Gasteiger partial charge is 0.329 e. The summed E-state index contributed by atoms with van der Waals surface area (Å²) < 4.78 is 77.5. The Morgan fingerprint density at radius 3 is 2.57 bits per heavy atom. The molecule has 1 unspecified atom stereocenters. The minimum absolute atomic E-state index is 0.0540. The van der Waals surface area contributed by atoms with Crippen molar-refractivity contribution < 1.29 is 41.4 Å². The van der Waals surface area contributed by atoms with Gasteiger partial charge in [-0.25, -0.2) is 31.9 Å². The average molecular weight is 933 g/mol. The van der Waals surface area contributed by atoms with Gasteiger partial charge in [0.1, 0.15) is 29.1 Å². The summed E-state index contributed by atoms with van der Waals surface area (Å²) in [7, 11) is 1.46. The van der Waals surface area contributed by atoms with Crippen LogP contribution in [0.25, 0.3) is 16.7 Å². The topological polar surface area (TPSA) is 178 Å². The predicted octanol–water partition coefficient (Wildman–Crippen LogP) is 4.16. The van der Waals surface area contributed by atoms with Gasteiger partial charge in [-0.2, -0.15) is 10.2 Å². The van der Waals surface area contributed by atoms with Crippen LogP contribution in [0.4, 0.5) is 34.8 Å². The number of carbonyl (C=O) groups is 3. The lowest BCUT2D eigenvalue weighted by molar-refractivity contribution is -0.135. The summed E-state index contributed by atoms with van der Waals surface area (Å²) in [6.45, 7) is 4.33. The number of imide groups is 1. The molecule has 1 aliphatic carbocycles. The van der Waals surface area contributed by atoms with E-state index in [4.69, 9.17) is 14.5 Å². The molecule has 6 aliphatic rings. The van der Waals surface area contributed by atoms with Gasteiger partial charge in [0.25, 0.3) is 12.3 Å². The second-order valence-electron chi connectivity index (χ2n) is 19.1. The number of carbonyl (C=O) groups excluding carboxylic acids is 3. The first kappa shape index (κ1) is 43.7. The largest absolute Gasteiger partial charge is 0.375 e. The molecule has 18 nitrogen and oxygen atoms in total. The number of aromatic nitrogens is 7. The number of hydrogen-bond donors (Lipinski definition) is 2. The quantitative estimate of drug-likeness (QED) is 0.135. The normalized spacial score (nSPS) is 27.2. The zero-order valence-corrected chi connectivity index (χ0v) is 36.9. The van der Waals surface area contributed by atoms with Crippen LogP contribution >= 0.6 is 0 Å². The summed E-state index contributed by atoms with van der Waals surface area (Å²) in [6.07, 6.45) is 4.89. The molecule has 5 aliphatic heterocycles. The van der Waals surface area contributed by atoms with E-state index in [-0.39, 0.29) is 65.8 Å². The third-order valence-electron chi connectivity index (χ3n) is 14.8. The Morgan fingerprint density at radius 2 is 1.84 bits per heavy atom. The first-order chi connectivity index (χ1) is 32.4. The van der Waals surface area contributed by atoms with E-state index < -0.39 is 59.7 Å². The van der Waals surface area contributed by atoms with Crippen molar-refractivity contribution in [3.05, 3.63) is 64.3 Å². The number of anilines is 3. The van der Waals surface area contributed by atoms with Gasteiger partial charge >= 0.3 is 5.69 Å². The maximum atomic E-state index is 16.0. The number of aryl methyl sites for hydroxylation is 1. The summed E-state index contributed by atoms with van der Waals surface area (Å²) in [6, 6.07) is 4.26. The standard InChI is InChI=1S/C45H52F4N12O6/c1-55-40-33(61(45(55)65)34-8-9-37(62)53-44(34)64)7-6-32(38(40)47)57-17-25(18-57)22-67-35-10-12-56(20-30(35)46)16-24-2-4-26(5-3-24)60-21-31(39(54-60)41(48)49)51-43(63)29-15-50-59-13-11-36(52-42(29)59)58-19-28-14-27(58)23-66-28/h6-7,11,13,15,21,24-28,30,34-35,41H,2-5,8-10,12,14,16-20,22-23H2,1H3,(H,51,63)(H,53,62,64)/t24?,26?,27-,28-,30-,34?,35-/m1/s1. The van der Waals surface area contributed by atoms with E-state index in [1.54, 1.807) is 23.0 Å². The number of alkyl halides is 3. The van der Waals surface area contributed by atoms with E-state index in [2.05, 4.69) is 30.6 Å². The fourth-order valence-electron chi connectivity index (χ4n) is 11.2. The molecule has 3 amide bonds. The van der Waals surface area contributed by atoms with Gasteiger partial charge in [0.15, 0.2) is 17.2 Å². The Bertz CT molecular complexity index is 2800. The van der Waals surface area contributed by atoms with Crippen molar-refractivity contribution in [2.45, 2.75) is 94.3 Å². The van der Waals surface area contributed by atoms with Crippen LogP contribution in [0.1, 0.15) is 85.9 Å². The van der Waals surface area contributed by atoms with E-state index in [9.17, 15) is 28.0 Å². The SMILES string of the molecule is Cn1c(=O)n(C2CCC(=O)NC2=O)c2ccc(N3CC(CO[C@@H]4CCN(CC5CCC(n6cc(NC(=O)c7cnn8ccc(N9C[C@H]%10C[C@@H]9CO%10)nc78)c(C(F)F)n6)CC5)C[C@H]4F)C3)c(F)c21. The van der Waals surface area contributed by atoms with Crippen molar-refractivity contribution in [3.63, 3.8) is 0 Å². The number of amides is 3. The number of morpholine rings is 1. The fraction of sp³-hybridized carbons (Fsp3) is 0.578. The van der Waals surface area contributed by atoms with Crippen LogP contribution in [0, 0.1) is 17.7 Å². The molecule has 5 saturated heterocycles. The number of hydrogen-bond acceptors (Lipinski definition) is 12. The van der Waals surface area contributed by atoms with Gasteiger partial charge in [-0.05, 0) is 69.1 Å². The molecule has 5 atom stereocenters. The Morgan fingerprint density at radius 1 is 1.01 bits per heavy atom. The number of piperidine rings is 2. The lowest BCUT2D eigenvalue weighted by Crippen LogP contribution is -2.51. The van der Waals surface area contributed by atoms with Crippen molar-refractivity contribution in [3.8, 4) is 0 Å². The van der Waals surface area contributed by atoms with Crippen molar-refractivity contribution in [2.24, 2.45) is 18.9 Å². The van der Waals surface area contributed by atoms with Crippen LogP contribution in [0.2, 0.25) is 0 Å². The predicted molar refractivity (Wildman–Crippen MR) is 235 cm³/mol. The van der Waals surface area contributed by atoms with Crippen molar-refractivity contribution in [1.29, 1.82) is 0 Å². The third-order valence-corrected chi connectivity index (χ3v) is 14.8. The van der Waals surface area contributed by atoms with E-state index in [1.807, 2.05) is 11.0 Å². The number of ether oxygens (including phenoxy) is 2. The highest BCUT2D eigenvalue weighted by Gasteiger charge is 2.41. The Balaban J connectivity index is 0.642. The second-order valence-corrected chi connectivity index (χ2v) is 19.1. The second kappa shape index (κ2) is 17.3. The van der Waals surface area contributed by atoms with Gasteiger partial charge in [-0.15, -0.1) is 0 Å². The fourth-order valence-corrected chi connectivity index (χ4v) is 11.2. The molecular formula is C45H52F4N12O6. The van der Waals surface area contributed by atoms with E-state index >= 15 is 8.78 Å². The maximum absolute atomic E-state index is 16.0. The maximum Gasteiger partial charge on any atom is 0.329 e. The number of nitrogens with one attached hydrogen (secondary N) is 2. The lowest BCUT2D eigenvalue weighted by Gasteiger charge is -2.42. The van der Waals surface area contributed by atoms with Crippen molar-refractivity contribution >= 4 is 51.6 Å². The minimum Gasteiger partial charge on any atom is -0.375 e. The molecule has 0 spiro atoms. The van der Waals surface area contributed by atoms with Gasteiger partial charge in [-0.1, -0.05) is 0 Å². The molecule has 6 fully saturated rings. The highest BCUT2D eigenvalue weighted by Crippen LogP contribution is 2.38. The number of rotatable bonds is 12. The lowest BCUT2D eigenvalue weighted by atomic mass is 9.85. The van der Waals surface area contributed by atoms with Gasteiger partial charge in [0, 0.05) is 71.0 Å². The number of nitrogens with zero attached hydrogens (tertiary/aromatic N) is 10. The van der Waals surface area contributed by atoms with Gasteiger partial charge in [-0.3, -0.25) is 38.4 Å². The van der Waals surface area contributed by atoms with Gasteiger partial charge in [0.2, 0.25) is 11.8 Å². The monoisotopic (exact) mass is 932 g/mol. The minimum atomic E-state index is -2.90. The molecule has 4 aromatic heterocycles. The number of likely N-dealkylation sites (tertiary alicyclic amines) is 1. The molecule has 9 heterocycles. The van der Waals surface area contributed by atoms with Gasteiger partial charge in [0.05, 0.1) is 60.6 Å². The average Bonchev–Trinajstić information content (AvgIpc) is 4.15. The highest BCUT2D eigenvalue weighted by atomic mass is 19.3. The molecule has 1 saturated carbocycles. The molecular weight excluding hydrogens is 881 g/mol. The number of fused-ring (bicyclic) bond motifs is 4. The Hall–Kier alpha value is -5.87. The summed E-state index contributed by atoms with van der Waals surface area (Å²) in [5, 5.41) is 13.4. The zero-order valence-electron chi connectivity index (χ0n) is 36.9. The molecule has 2 N–H and O–H groups in total. The first-order valence-corrected chi connectivity index (χ1v) is 23.2. The summed E-state index contributed by atoms with van der Waals surface area (Å²) in [5.74, 6) is -1.08. The molecule has 5 aromatic rings. The van der Waals surface area contributed by atoms with E-state index in [1.165, 1.54) is 33.1 Å². The zero-order chi connectivity index (χ0) is 46.2. The highest BCUT2D eigenvalue weighted by molar-refractivity contribution is 6.08. The van der Waals surface area contributed by atoms with Crippen molar-refractivity contribution in [1.82, 2.24) is 43.7 Å². The number of imidazole rings is 1. The van der Waals surface area contributed by atoms with Crippen LogP contribution in [-0.4, -0.2) is 133 Å². The van der Waals surface area contributed by atoms with Crippen LogP contribution in [0.3, 0.4) is 0 Å². The Labute approximate surface area is 381 Å². The molecule has 22 heteroatoms. The molecule has 356 valence electrons. The molecule has 2 bridgehead atoms. The number of benzene rings is 1. The van der Waals surface area contributed by atoms with Crippen LogP contribution in [0.5, 0.6) is 0 Å². The van der Waals surface area contributed by atoms with Crippen LogP contribution in [0.15, 0.2) is 41.6 Å². The summed E-state index contributed by atoms with van der Waals surface area (Å²) in [4.78, 5) is 61.8. The van der Waals surface area contributed by atoms with Crippen LogP contribution in [-0.2, 0) is 26.1 Å². The molecule has 1 aromatic carbocycles. The Kier molecular flexibility index (Phi) is 11.3. The number of halogens is 4. The third kappa shape index (κ3) is 8.02. The van der Waals surface area contributed by atoms with E-state index in [0.29, 0.717) is 81.7 Å². The van der Waals surface area contributed by atoms with Crippen LogP contribution < -0.4 is 26.1 Å². The molecule has 11 rings (SSSR count). The summed E-state index contributed by atoms with van der Waals surface area (Å²) >= 11 is 0. The van der Waals surface area contributed by atoms with E-state index in [0.717, 1.165) is 25.8 Å². The summed E-state index contributed by atoms with van der Waals surface area (Å²) in [5.41, 5.74) is 0.0860. The first-order valence-electron chi connectivity index (χ1n) is 23.2. The van der Waals surface area contributed by atoms with Crippen molar-refractivity contribution in [2.75, 3.05) is 67.6 Å². The van der Waals surface area contributed by atoms with Gasteiger partial charge < -0.3 is 24.6 Å². The molecule has 0 radical (unpaired) electrons. The molecule has 67 heavy (non-hydrogen) atoms.